The predicted octanol–water partition coefficient (Wildman–Crippen LogP) is 3.27. The minimum absolute atomic E-state index is 0.423. The molecule has 2 nitrogen and oxygen atoms in total. The number of hydrogen-bond donors (Lipinski definition) is 1. The minimum Gasteiger partial charge on any atom is -0.490 e. The molecule has 1 aromatic rings. The monoisotopic (exact) mass is 283 g/mol. The van der Waals surface area contributed by atoms with Gasteiger partial charge < -0.3 is 10.5 Å². The van der Waals surface area contributed by atoms with Crippen LogP contribution in [0.3, 0.4) is 0 Å². The average Bonchev–Trinajstić information content (AvgIpc) is 2.76. The third-order valence-electron chi connectivity index (χ3n) is 3.04. The molecule has 1 aromatic carbocycles. The lowest BCUT2D eigenvalue weighted by Crippen LogP contribution is -2.11. The van der Waals surface area contributed by atoms with Crippen LogP contribution in [0.15, 0.2) is 22.7 Å². The van der Waals surface area contributed by atoms with Crippen LogP contribution in [-0.2, 0) is 6.42 Å². The first kappa shape index (κ1) is 11.9. The van der Waals surface area contributed by atoms with Crippen molar-refractivity contribution in [2.24, 2.45) is 5.73 Å². The van der Waals surface area contributed by atoms with Crippen molar-refractivity contribution >= 4 is 15.9 Å². The highest BCUT2D eigenvalue weighted by Crippen LogP contribution is 2.27. The number of nitrogens with two attached hydrogens (primary N) is 1. The van der Waals surface area contributed by atoms with E-state index in [-0.39, 0.29) is 0 Å². The SMILES string of the molecule is NCCc1cc(OC2CCCC2)ccc1Br. The first-order valence-corrected chi connectivity index (χ1v) is 6.74. The van der Waals surface area contributed by atoms with Crippen molar-refractivity contribution in [2.45, 2.75) is 38.2 Å². The average molecular weight is 284 g/mol. The van der Waals surface area contributed by atoms with Gasteiger partial charge in [0.25, 0.3) is 0 Å². The fourth-order valence-corrected chi connectivity index (χ4v) is 2.62. The second kappa shape index (κ2) is 5.69. The zero-order valence-electron chi connectivity index (χ0n) is 9.42. The van der Waals surface area contributed by atoms with Gasteiger partial charge in [-0.2, -0.15) is 0 Å². The van der Waals surface area contributed by atoms with Crippen molar-refractivity contribution in [1.82, 2.24) is 0 Å². The van der Waals surface area contributed by atoms with E-state index in [1.54, 1.807) is 0 Å². The summed E-state index contributed by atoms with van der Waals surface area (Å²) in [4.78, 5) is 0. The van der Waals surface area contributed by atoms with Crippen molar-refractivity contribution in [3.63, 3.8) is 0 Å². The summed E-state index contributed by atoms with van der Waals surface area (Å²) in [6, 6.07) is 6.19. The summed E-state index contributed by atoms with van der Waals surface area (Å²) in [5.74, 6) is 0.985. The second-order valence-electron chi connectivity index (χ2n) is 4.32. The molecule has 0 saturated heterocycles. The van der Waals surface area contributed by atoms with Gasteiger partial charge in [-0.05, 0) is 62.4 Å². The highest BCUT2D eigenvalue weighted by Gasteiger charge is 2.16. The van der Waals surface area contributed by atoms with Crippen LogP contribution in [0.1, 0.15) is 31.2 Å². The fraction of sp³-hybridized carbons (Fsp3) is 0.538. The molecular weight excluding hydrogens is 266 g/mol. The Hall–Kier alpha value is -0.540. The summed E-state index contributed by atoms with van der Waals surface area (Å²) in [6.07, 6.45) is 6.31. The van der Waals surface area contributed by atoms with Crippen LogP contribution in [0, 0.1) is 0 Å². The Kier molecular flexibility index (Phi) is 4.24. The maximum atomic E-state index is 5.96. The Morgan fingerprint density at radius 1 is 1.31 bits per heavy atom. The van der Waals surface area contributed by atoms with Gasteiger partial charge in [0.05, 0.1) is 6.10 Å². The summed E-state index contributed by atoms with van der Waals surface area (Å²) in [7, 11) is 0. The van der Waals surface area contributed by atoms with Crippen LogP contribution >= 0.6 is 15.9 Å². The summed E-state index contributed by atoms with van der Waals surface area (Å²) < 4.78 is 7.08. The van der Waals surface area contributed by atoms with E-state index >= 15 is 0 Å². The van der Waals surface area contributed by atoms with E-state index < -0.39 is 0 Å². The van der Waals surface area contributed by atoms with Crippen LogP contribution in [-0.4, -0.2) is 12.6 Å². The number of rotatable bonds is 4. The quantitative estimate of drug-likeness (QED) is 0.921. The molecule has 0 radical (unpaired) electrons. The Balaban J connectivity index is 2.05. The van der Waals surface area contributed by atoms with Crippen molar-refractivity contribution in [2.75, 3.05) is 6.54 Å². The third-order valence-corrected chi connectivity index (χ3v) is 3.81. The second-order valence-corrected chi connectivity index (χ2v) is 5.17. The molecule has 0 heterocycles. The molecule has 3 heteroatoms. The summed E-state index contributed by atoms with van der Waals surface area (Å²) >= 11 is 3.53. The molecule has 0 aliphatic heterocycles. The normalized spacial score (nSPS) is 16.6. The van der Waals surface area contributed by atoms with E-state index in [4.69, 9.17) is 10.5 Å². The number of benzene rings is 1. The Bertz CT molecular complexity index is 348. The maximum Gasteiger partial charge on any atom is 0.120 e. The van der Waals surface area contributed by atoms with Crippen molar-refractivity contribution in [3.05, 3.63) is 28.2 Å². The van der Waals surface area contributed by atoms with Crippen LogP contribution in [0.2, 0.25) is 0 Å². The lowest BCUT2D eigenvalue weighted by atomic mass is 10.1. The topological polar surface area (TPSA) is 35.2 Å². The summed E-state index contributed by atoms with van der Waals surface area (Å²) in [6.45, 7) is 0.672. The van der Waals surface area contributed by atoms with E-state index in [1.807, 2.05) is 6.07 Å². The van der Waals surface area contributed by atoms with E-state index in [1.165, 1.54) is 31.2 Å². The van der Waals surface area contributed by atoms with Crippen LogP contribution in [0.5, 0.6) is 5.75 Å². The third kappa shape index (κ3) is 2.98. The first-order valence-electron chi connectivity index (χ1n) is 5.95. The zero-order chi connectivity index (χ0) is 11.4. The van der Waals surface area contributed by atoms with Crippen molar-refractivity contribution < 1.29 is 4.74 Å². The molecular formula is C13H18BrNO. The molecule has 1 fully saturated rings. The summed E-state index contributed by atoms with van der Waals surface area (Å²) in [5, 5.41) is 0. The molecule has 0 bridgehead atoms. The zero-order valence-corrected chi connectivity index (χ0v) is 11.0. The number of hydrogen-bond acceptors (Lipinski definition) is 2. The molecule has 16 heavy (non-hydrogen) atoms. The fourth-order valence-electron chi connectivity index (χ4n) is 2.17. The summed E-state index contributed by atoms with van der Waals surface area (Å²) in [5.41, 5.74) is 6.82. The van der Waals surface area contributed by atoms with Gasteiger partial charge in [-0.15, -0.1) is 0 Å². The first-order chi connectivity index (χ1) is 7.79. The largest absolute Gasteiger partial charge is 0.490 e. The smallest absolute Gasteiger partial charge is 0.120 e. The van der Waals surface area contributed by atoms with Crippen LogP contribution in [0.25, 0.3) is 0 Å². The molecule has 0 aromatic heterocycles. The molecule has 88 valence electrons. The van der Waals surface area contributed by atoms with Crippen molar-refractivity contribution in [1.29, 1.82) is 0 Å². The van der Waals surface area contributed by atoms with E-state index in [0.717, 1.165) is 16.6 Å². The lowest BCUT2D eigenvalue weighted by Gasteiger charge is -2.14. The van der Waals surface area contributed by atoms with Gasteiger partial charge in [-0.25, -0.2) is 0 Å². The van der Waals surface area contributed by atoms with Crippen LogP contribution in [0.4, 0.5) is 0 Å². The minimum atomic E-state index is 0.423. The van der Waals surface area contributed by atoms with Crippen molar-refractivity contribution in [3.8, 4) is 5.75 Å². The van der Waals surface area contributed by atoms with Gasteiger partial charge in [-0.1, -0.05) is 15.9 Å². The van der Waals surface area contributed by atoms with E-state index in [0.29, 0.717) is 12.6 Å². The Labute approximate surface area is 105 Å². The molecule has 0 unspecified atom stereocenters. The molecule has 0 amide bonds. The van der Waals surface area contributed by atoms with Crippen LogP contribution < -0.4 is 10.5 Å². The predicted molar refractivity (Wildman–Crippen MR) is 69.8 cm³/mol. The van der Waals surface area contributed by atoms with Gasteiger partial charge in [0.1, 0.15) is 5.75 Å². The molecule has 1 aliphatic rings. The molecule has 1 saturated carbocycles. The van der Waals surface area contributed by atoms with Gasteiger partial charge in [-0.3, -0.25) is 0 Å². The van der Waals surface area contributed by atoms with Gasteiger partial charge >= 0.3 is 0 Å². The van der Waals surface area contributed by atoms with Gasteiger partial charge in [0, 0.05) is 4.47 Å². The Morgan fingerprint density at radius 3 is 2.75 bits per heavy atom. The molecule has 1 aliphatic carbocycles. The van der Waals surface area contributed by atoms with E-state index in [9.17, 15) is 0 Å². The standard InChI is InChI=1S/C13H18BrNO/c14-13-6-5-12(9-10(13)7-8-15)16-11-3-1-2-4-11/h5-6,9,11H,1-4,7-8,15H2. The molecule has 0 spiro atoms. The maximum absolute atomic E-state index is 5.96. The highest BCUT2D eigenvalue weighted by molar-refractivity contribution is 9.10. The van der Waals surface area contributed by atoms with E-state index in [2.05, 4.69) is 28.1 Å². The van der Waals surface area contributed by atoms with Gasteiger partial charge in [0.2, 0.25) is 0 Å². The highest BCUT2D eigenvalue weighted by atomic mass is 79.9. The molecule has 0 atom stereocenters. The Morgan fingerprint density at radius 2 is 2.06 bits per heavy atom. The lowest BCUT2D eigenvalue weighted by molar-refractivity contribution is 0.210. The number of ether oxygens (including phenoxy) is 1. The molecule has 2 rings (SSSR count). The number of halogens is 1. The van der Waals surface area contributed by atoms with Gasteiger partial charge in [0.15, 0.2) is 0 Å². The molecule has 2 N–H and O–H groups in total.